The Labute approximate surface area is 234 Å². The zero-order valence-electron chi connectivity index (χ0n) is 21.9. The minimum atomic E-state index is -3.89. The number of fused-ring (bicyclic) bond motifs is 1. The number of hydrogen-bond donors (Lipinski definition) is 1. The number of benzene rings is 2. The fraction of sp³-hybridized carbons (Fsp3) is 0.462. The van der Waals surface area contributed by atoms with E-state index in [1.54, 1.807) is 37.3 Å². The predicted molar refractivity (Wildman–Crippen MR) is 149 cm³/mol. The SMILES string of the molecule is CC[C@H](C(=O)NCC(C)C)N(Cc1ccc(Cl)cc1Cl)C(=O)CN(c1ccc2c(c1)OCCO2)S(C)(=O)=O. The molecule has 12 heteroatoms. The molecule has 0 unspecified atom stereocenters. The van der Waals surface area contributed by atoms with E-state index in [0.717, 1.165) is 10.6 Å². The highest BCUT2D eigenvalue weighted by Crippen LogP contribution is 2.35. The summed E-state index contributed by atoms with van der Waals surface area (Å²) in [5, 5.41) is 3.64. The minimum absolute atomic E-state index is 0.0127. The maximum absolute atomic E-state index is 13.8. The van der Waals surface area contributed by atoms with Crippen LogP contribution in [-0.2, 0) is 26.2 Å². The van der Waals surface area contributed by atoms with Crippen molar-refractivity contribution in [2.45, 2.75) is 39.8 Å². The average molecular weight is 587 g/mol. The van der Waals surface area contributed by atoms with Crippen molar-refractivity contribution in [3.8, 4) is 11.5 Å². The van der Waals surface area contributed by atoms with E-state index in [4.69, 9.17) is 32.7 Å². The summed E-state index contributed by atoms with van der Waals surface area (Å²) in [4.78, 5) is 28.3. The van der Waals surface area contributed by atoms with Gasteiger partial charge in [0.25, 0.3) is 0 Å². The zero-order valence-corrected chi connectivity index (χ0v) is 24.2. The van der Waals surface area contributed by atoms with Crippen molar-refractivity contribution in [1.29, 1.82) is 0 Å². The summed E-state index contributed by atoms with van der Waals surface area (Å²) in [5.74, 6) is 0.195. The van der Waals surface area contributed by atoms with Gasteiger partial charge in [0.2, 0.25) is 21.8 Å². The first-order valence-electron chi connectivity index (χ1n) is 12.3. The van der Waals surface area contributed by atoms with Gasteiger partial charge >= 0.3 is 0 Å². The van der Waals surface area contributed by atoms with Crippen molar-refractivity contribution in [3.63, 3.8) is 0 Å². The van der Waals surface area contributed by atoms with E-state index in [1.807, 2.05) is 13.8 Å². The quantitative estimate of drug-likeness (QED) is 0.425. The molecule has 2 amide bonds. The Balaban J connectivity index is 1.96. The van der Waals surface area contributed by atoms with E-state index in [0.29, 0.717) is 53.3 Å². The number of ether oxygens (including phenoxy) is 2. The van der Waals surface area contributed by atoms with Gasteiger partial charge in [-0.05, 0) is 42.2 Å². The lowest BCUT2D eigenvalue weighted by atomic mass is 10.1. The topological polar surface area (TPSA) is 105 Å². The third-order valence-corrected chi connectivity index (χ3v) is 7.65. The molecule has 2 aromatic carbocycles. The van der Waals surface area contributed by atoms with Crippen molar-refractivity contribution in [1.82, 2.24) is 10.2 Å². The summed E-state index contributed by atoms with van der Waals surface area (Å²) in [5.41, 5.74) is 0.816. The summed E-state index contributed by atoms with van der Waals surface area (Å²) >= 11 is 12.4. The molecular weight excluding hydrogens is 553 g/mol. The number of amides is 2. The monoisotopic (exact) mass is 585 g/mol. The van der Waals surface area contributed by atoms with Gasteiger partial charge in [0.1, 0.15) is 25.8 Å². The molecule has 0 fully saturated rings. The van der Waals surface area contributed by atoms with Gasteiger partial charge in [-0.3, -0.25) is 13.9 Å². The molecule has 0 bridgehead atoms. The smallest absolute Gasteiger partial charge is 0.244 e. The number of nitrogens with one attached hydrogen (secondary N) is 1. The van der Waals surface area contributed by atoms with Crippen LogP contribution in [0.3, 0.4) is 0 Å². The Kier molecular flexibility index (Phi) is 10.1. The van der Waals surface area contributed by atoms with E-state index >= 15 is 0 Å². The first-order valence-corrected chi connectivity index (χ1v) is 14.9. The molecule has 0 spiro atoms. The molecule has 9 nitrogen and oxygen atoms in total. The fourth-order valence-corrected chi connectivity index (χ4v) is 5.29. The molecule has 3 rings (SSSR count). The van der Waals surface area contributed by atoms with Gasteiger partial charge < -0.3 is 19.7 Å². The molecule has 1 aliphatic heterocycles. The second-order valence-electron chi connectivity index (χ2n) is 9.42. The van der Waals surface area contributed by atoms with Crippen LogP contribution in [0.25, 0.3) is 0 Å². The summed E-state index contributed by atoms with van der Waals surface area (Å²) < 4.78 is 37.8. The number of halogens is 2. The van der Waals surface area contributed by atoms with E-state index < -0.39 is 28.5 Å². The molecule has 1 aliphatic rings. The number of carbonyl (C=O) groups excluding carboxylic acids is 2. The molecule has 0 radical (unpaired) electrons. The van der Waals surface area contributed by atoms with Gasteiger partial charge in [-0.25, -0.2) is 8.42 Å². The van der Waals surface area contributed by atoms with Crippen LogP contribution >= 0.6 is 23.2 Å². The normalized spacial score (nSPS) is 13.7. The van der Waals surface area contributed by atoms with Crippen molar-refractivity contribution in [2.24, 2.45) is 5.92 Å². The van der Waals surface area contributed by atoms with E-state index in [9.17, 15) is 18.0 Å². The Morgan fingerprint density at radius 1 is 1.05 bits per heavy atom. The second-order valence-corrected chi connectivity index (χ2v) is 12.2. The lowest BCUT2D eigenvalue weighted by Gasteiger charge is -2.33. The summed E-state index contributed by atoms with van der Waals surface area (Å²) in [6, 6.07) is 8.70. The molecule has 38 heavy (non-hydrogen) atoms. The third kappa shape index (κ3) is 7.68. The van der Waals surface area contributed by atoms with E-state index in [1.165, 1.54) is 11.0 Å². The third-order valence-electron chi connectivity index (χ3n) is 5.92. The molecule has 0 aliphatic carbocycles. The van der Waals surface area contributed by atoms with Crippen LogP contribution in [0, 0.1) is 5.92 Å². The Hall–Kier alpha value is -2.69. The predicted octanol–water partition coefficient (Wildman–Crippen LogP) is 4.11. The van der Waals surface area contributed by atoms with Gasteiger partial charge in [-0.1, -0.05) is 50.0 Å². The molecule has 208 valence electrons. The minimum Gasteiger partial charge on any atom is -0.486 e. The van der Waals surface area contributed by atoms with Crippen LogP contribution in [0.15, 0.2) is 36.4 Å². The van der Waals surface area contributed by atoms with Crippen LogP contribution in [0.2, 0.25) is 10.0 Å². The molecular formula is C26H33Cl2N3O6S. The Morgan fingerprint density at radius 3 is 2.34 bits per heavy atom. The molecule has 1 heterocycles. The van der Waals surface area contributed by atoms with Gasteiger partial charge in [0.15, 0.2) is 11.5 Å². The highest BCUT2D eigenvalue weighted by molar-refractivity contribution is 7.92. The summed E-state index contributed by atoms with van der Waals surface area (Å²) in [6.07, 6.45) is 1.33. The standard InChI is InChI=1S/C26H33Cl2N3O6S/c1-5-22(26(33)29-14-17(2)3)30(15-18-6-7-19(27)12-21(18)28)25(32)16-31(38(4,34)35)20-8-9-23-24(13-20)37-11-10-36-23/h6-9,12-13,17,22H,5,10-11,14-16H2,1-4H3,(H,29,33)/t22-/m1/s1. The average Bonchev–Trinajstić information content (AvgIpc) is 2.86. The first-order chi connectivity index (χ1) is 17.9. The zero-order chi connectivity index (χ0) is 28.0. The van der Waals surface area contributed by atoms with Crippen molar-refractivity contribution < 1.29 is 27.5 Å². The second kappa shape index (κ2) is 12.9. The number of anilines is 1. The summed E-state index contributed by atoms with van der Waals surface area (Å²) in [7, 11) is -3.89. The fourth-order valence-electron chi connectivity index (χ4n) is 3.98. The van der Waals surface area contributed by atoms with Crippen LogP contribution < -0.4 is 19.1 Å². The van der Waals surface area contributed by atoms with Crippen molar-refractivity contribution >= 4 is 50.7 Å². The van der Waals surface area contributed by atoms with Crippen molar-refractivity contribution in [3.05, 3.63) is 52.0 Å². The Morgan fingerprint density at radius 2 is 1.74 bits per heavy atom. The lowest BCUT2D eigenvalue weighted by Crippen LogP contribution is -2.52. The number of nitrogens with zero attached hydrogens (tertiary/aromatic N) is 2. The first kappa shape index (κ1) is 29.9. The van der Waals surface area contributed by atoms with E-state index in [-0.39, 0.29) is 24.1 Å². The number of rotatable bonds is 11. The summed E-state index contributed by atoms with van der Waals surface area (Å²) in [6.45, 7) is 6.33. The molecule has 1 N–H and O–H groups in total. The number of hydrogen-bond acceptors (Lipinski definition) is 6. The molecule has 0 saturated carbocycles. The van der Waals surface area contributed by atoms with Gasteiger partial charge in [-0.15, -0.1) is 0 Å². The maximum atomic E-state index is 13.8. The van der Waals surface area contributed by atoms with Crippen molar-refractivity contribution in [2.75, 3.05) is 36.9 Å². The van der Waals surface area contributed by atoms with Gasteiger partial charge in [-0.2, -0.15) is 0 Å². The van der Waals surface area contributed by atoms with Gasteiger partial charge in [0.05, 0.1) is 11.9 Å². The number of sulfonamides is 1. The van der Waals surface area contributed by atoms with Crippen LogP contribution in [-0.4, -0.2) is 63.7 Å². The molecule has 0 aromatic heterocycles. The highest BCUT2D eigenvalue weighted by Gasteiger charge is 2.32. The lowest BCUT2D eigenvalue weighted by molar-refractivity contribution is -0.140. The van der Waals surface area contributed by atoms with Gasteiger partial charge in [0, 0.05) is 29.2 Å². The van der Waals surface area contributed by atoms with Crippen LogP contribution in [0.4, 0.5) is 5.69 Å². The molecule has 2 aromatic rings. The van der Waals surface area contributed by atoms with E-state index in [2.05, 4.69) is 5.32 Å². The van der Waals surface area contributed by atoms with Crippen LogP contribution in [0.1, 0.15) is 32.8 Å². The highest BCUT2D eigenvalue weighted by atomic mass is 35.5. The molecule has 0 saturated heterocycles. The Bertz CT molecular complexity index is 1270. The number of carbonyl (C=O) groups is 2. The van der Waals surface area contributed by atoms with Crippen LogP contribution in [0.5, 0.6) is 11.5 Å². The molecule has 1 atom stereocenters. The largest absolute Gasteiger partial charge is 0.486 e. The maximum Gasteiger partial charge on any atom is 0.244 e.